The van der Waals surface area contributed by atoms with Crippen molar-refractivity contribution >= 4 is 21.9 Å². The predicted molar refractivity (Wildman–Crippen MR) is 67.3 cm³/mol. The third-order valence-electron chi connectivity index (χ3n) is 1.93. The number of methoxy groups -OCH3 is 2. The summed E-state index contributed by atoms with van der Waals surface area (Å²) in [5.74, 6) is 0.822. The topological polar surface area (TPSA) is 44.8 Å². The van der Waals surface area contributed by atoms with Gasteiger partial charge >= 0.3 is 5.97 Å². The van der Waals surface area contributed by atoms with Crippen molar-refractivity contribution < 1.29 is 19.0 Å². The molecule has 0 radical (unpaired) electrons. The lowest BCUT2D eigenvalue weighted by Gasteiger charge is -2.10. The van der Waals surface area contributed by atoms with Crippen LogP contribution in [0.5, 0.6) is 11.5 Å². The Morgan fingerprint density at radius 1 is 1.41 bits per heavy atom. The van der Waals surface area contributed by atoms with Crippen LogP contribution in [0, 0.1) is 0 Å². The summed E-state index contributed by atoms with van der Waals surface area (Å²) in [6.45, 7) is 0.258. The van der Waals surface area contributed by atoms with E-state index in [2.05, 4.69) is 20.7 Å². The van der Waals surface area contributed by atoms with Crippen LogP contribution in [0.1, 0.15) is 0 Å². The standard InChI is InChI=1S/C12H13BrO4/c1-15-10-6-3-5-9(13)12(10)17-8-4-7-11(14)16-2/h3-7H,8H2,1-2H3/b7-4+. The van der Waals surface area contributed by atoms with E-state index < -0.39 is 5.97 Å². The van der Waals surface area contributed by atoms with Crippen molar-refractivity contribution in [2.45, 2.75) is 0 Å². The molecular weight excluding hydrogens is 288 g/mol. The minimum Gasteiger partial charge on any atom is -0.493 e. The number of carbonyl (C=O) groups is 1. The number of carbonyl (C=O) groups excluding carboxylic acids is 1. The first-order valence-corrected chi connectivity index (χ1v) is 5.68. The Hall–Kier alpha value is -1.49. The van der Waals surface area contributed by atoms with Crippen molar-refractivity contribution in [2.24, 2.45) is 0 Å². The van der Waals surface area contributed by atoms with Crippen LogP contribution >= 0.6 is 15.9 Å². The number of para-hydroxylation sites is 1. The monoisotopic (exact) mass is 300 g/mol. The van der Waals surface area contributed by atoms with Gasteiger partial charge in [-0.2, -0.15) is 0 Å². The highest BCUT2D eigenvalue weighted by atomic mass is 79.9. The number of benzene rings is 1. The van der Waals surface area contributed by atoms with Gasteiger partial charge < -0.3 is 14.2 Å². The van der Waals surface area contributed by atoms with E-state index in [1.54, 1.807) is 19.3 Å². The van der Waals surface area contributed by atoms with Gasteiger partial charge in [0.2, 0.25) is 0 Å². The molecule has 1 aromatic rings. The number of hydrogen-bond donors (Lipinski definition) is 0. The second-order valence-corrected chi connectivity index (χ2v) is 3.86. The first-order chi connectivity index (χ1) is 8.19. The Morgan fingerprint density at radius 3 is 2.82 bits per heavy atom. The minimum atomic E-state index is -0.410. The first-order valence-electron chi connectivity index (χ1n) is 4.88. The zero-order valence-electron chi connectivity index (χ0n) is 9.60. The second-order valence-electron chi connectivity index (χ2n) is 3.01. The minimum absolute atomic E-state index is 0.258. The number of ether oxygens (including phenoxy) is 3. The average molecular weight is 301 g/mol. The van der Waals surface area contributed by atoms with E-state index in [9.17, 15) is 4.79 Å². The SMILES string of the molecule is COC(=O)/C=C/COc1c(Br)cccc1OC. The summed E-state index contributed by atoms with van der Waals surface area (Å²) in [5.41, 5.74) is 0. The molecule has 0 unspecified atom stereocenters. The smallest absolute Gasteiger partial charge is 0.330 e. The van der Waals surface area contributed by atoms with E-state index in [0.717, 1.165) is 4.47 Å². The highest BCUT2D eigenvalue weighted by Crippen LogP contribution is 2.34. The molecule has 0 aliphatic heterocycles. The molecule has 0 atom stereocenters. The van der Waals surface area contributed by atoms with Gasteiger partial charge in [-0.15, -0.1) is 0 Å². The summed E-state index contributed by atoms with van der Waals surface area (Å²) >= 11 is 3.36. The Balaban J connectivity index is 2.63. The molecule has 1 aromatic carbocycles. The molecule has 0 fully saturated rings. The fraction of sp³-hybridized carbons (Fsp3) is 0.250. The van der Waals surface area contributed by atoms with E-state index in [4.69, 9.17) is 9.47 Å². The van der Waals surface area contributed by atoms with Gasteiger partial charge in [0.25, 0.3) is 0 Å². The van der Waals surface area contributed by atoms with Gasteiger partial charge in [0, 0.05) is 6.08 Å². The molecule has 1 rings (SSSR count). The van der Waals surface area contributed by atoms with Crippen molar-refractivity contribution in [1.29, 1.82) is 0 Å². The van der Waals surface area contributed by atoms with Gasteiger partial charge in [-0.3, -0.25) is 0 Å². The normalized spacial score (nSPS) is 10.3. The van der Waals surface area contributed by atoms with Crippen molar-refractivity contribution in [3.8, 4) is 11.5 Å². The predicted octanol–water partition coefficient (Wildman–Crippen LogP) is 2.57. The molecule has 0 bridgehead atoms. The van der Waals surface area contributed by atoms with E-state index >= 15 is 0 Å². The summed E-state index contributed by atoms with van der Waals surface area (Å²) in [5, 5.41) is 0. The van der Waals surface area contributed by atoms with Crippen LogP contribution in [-0.4, -0.2) is 26.8 Å². The Morgan fingerprint density at radius 2 is 2.18 bits per heavy atom. The lowest BCUT2D eigenvalue weighted by atomic mass is 10.3. The van der Waals surface area contributed by atoms with Crippen LogP contribution in [0.3, 0.4) is 0 Å². The van der Waals surface area contributed by atoms with Gasteiger partial charge in [0.15, 0.2) is 11.5 Å². The fourth-order valence-corrected chi connectivity index (χ4v) is 1.60. The molecule has 5 heteroatoms. The van der Waals surface area contributed by atoms with E-state index in [0.29, 0.717) is 11.5 Å². The summed E-state index contributed by atoms with van der Waals surface area (Å²) in [6, 6.07) is 5.49. The lowest BCUT2D eigenvalue weighted by Crippen LogP contribution is -1.99. The van der Waals surface area contributed by atoms with Gasteiger partial charge in [-0.05, 0) is 34.1 Å². The molecule has 0 heterocycles. The molecule has 92 valence electrons. The first kappa shape index (κ1) is 13.6. The van der Waals surface area contributed by atoms with Crippen LogP contribution in [0.4, 0.5) is 0 Å². The third-order valence-corrected chi connectivity index (χ3v) is 2.55. The maximum atomic E-state index is 10.8. The quantitative estimate of drug-likeness (QED) is 0.619. The number of hydrogen-bond acceptors (Lipinski definition) is 4. The maximum absolute atomic E-state index is 10.8. The molecule has 0 saturated carbocycles. The van der Waals surface area contributed by atoms with E-state index in [1.807, 2.05) is 12.1 Å². The molecule has 0 aliphatic carbocycles. The van der Waals surface area contributed by atoms with Crippen LogP contribution in [0.25, 0.3) is 0 Å². The highest BCUT2D eigenvalue weighted by molar-refractivity contribution is 9.10. The van der Waals surface area contributed by atoms with E-state index in [1.165, 1.54) is 13.2 Å². The third kappa shape index (κ3) is 4.11. The molecule has 0 N–H and O–H groups in total. The zero-order chi connectivity index (χ0) is 12.7. The summed E-state index contributed by atoms with van der Waals surface area (Å²) < 4.78 is 15.9. The van der Waals surface area contributed by atoms with Crippen molar-refractivity contribution in [3.63, 3.8) is 0 Å². The molecule has 0 saturated heterocycles. The van der Waals surface area contributed by atoms with Crippen LogP contribution in [0.15, 0.2) is 34.8 Å². The van der Waals surface area contributed by atoms with Crippen molar-refractivity contribution in [2.75, 3.05) is 20.8 Å². The molecule has 17 heavy (non-hydrogen) atoms. The highest BCUT2D eigenvalue weighted by Gasteiger charge is 2.07. The Kier molecular flexibility index (Phi) is 5.56. The van der Waals surface area contributed by atoms with Gasteiger partial charge in [-0.25, -0.2) is 4.79 Å². The largest absolute Gasteiger partial charge is 0.493 e. The Labute approximate surface area is 108 Å². The second kappa shape index (κ2) is 6.96. The fourth-order valence-electron chi connectivity index (χ4n) is 1.13. The lowest BCUT2D eigenvalue weighted by molar-refractivity contribution is -0.134. The number of rotatable bonds is 5. The molecule has 4 nitrogen and oxygen atoms in total. The Bertz CT molecular complexity index is 415. The van der Waals surface area contributed by atoms with Gasteiger partial charge in [0.05, 0.1) is 18.7 Å². The summed E-state index contributed by atoms with van der Waals surface area (Å²) in [4.78, 5) is 10.8. The molecule has 0 aliphatic rings. The van der Waals surface area contributed by atoms with Crippen molar-refractivity contribution in [1.82, 2.24) is 0 Å². The number of halogens is 1. The number of esters is 1. The van der Waals surface area contributed by atoms with Crippen LogP contribution < -0.4 is 9.47 Å². The van der Waals surface area contributed by atoms with Crippen LogP contribution in [0.2, 0.25) is 0 Å². The maximum Gasteiger partial charge on any atom is 0.330 e. The van der Waals surface area contributed by atoms with Crippen LogP contribution in [-0.2, 0) is 9.53 Å². The van der Waals surface area contributed by atoms with Gasteiger partial charge in [-0.1, -0.05) is 6.07 Å². The molecule has 0 aromatic heterocycles. The van der Waals surface area contributed by atoms with Gasteiger partial charge in [0.1, 0.15) is 6.61 Å². The molecular formula is C12H13BrO4. The van der Waals surface area contributed by atoms with Crippen molar-refractivity contribution in [3.05, 3.63) is 34.8 Å². The molecule has 0 spiro atoms. The molecule has 0 amide bonds. The zero-order valence-corrected chi connectivity index (χ0v) is 11.2. The summed E-state index contributed by atoms with van der Waals surface area (Å²) in [7, 11) is 2.89. The van der Waals surface area contributed by atoms with E-state index in [-0.39, 0.29) is 6.61 Å². The average Bonchev–Trinajstić information content (AvgIpc) is 2.35. The summed E-state index contributed by atoms with van der Waals surface area (Å²) in [6.07, 6.45) is 2.88.